The Bertz CT molecular complexity index is 210. The number of hydrogen-bond donors (Lipinski definition) is 1. The molecule has 0 bridgehead atoms. The number of aliphatic hydroxyl groups is 1. The first-order valence-electron chi connectivity index (χ1n) is 6.02. The smallest absolute Gasteiger partial charge is 0.142 e. The minimum absolute atomic E-state index is 0.0850. The van der Waals surface area contributed by atoms with Gasteiger partial charge >= 0.3 is 0 Å². The maximum atomic E-state index is 10.1. The van der Waals surface area contributed by atoms with Gasteiger partial charge in [-0.05, 0) is 27.7 Å². The fourth-order valence-electron chi connectivity index (χ4n) is 1.85. The summed E-state index contributed by atoms with van der Waals surface area (Å²) in [6.07, 6.45) is -0.885. The molecule has 1 N–H and O–H groups in total. The predicted molar refractivity (Wildman–Crippen MR) is 64.3 cm³/mol. The third-order valence-electron chi connectivity index (χ3n) is 2.59. The maximum absolute atomic E-state index is 10.1. The van der Waals surface area contributed by atoms with Crippen molar-refractivity contribution in [1.82, 2.24) is 0 Å². The van der Waals surface area contributed by atoms with Gasteiger partial charge in [0, 0.05) is 0 Å². The van der Waals surface area contributed by atoms with Crippen LogP contribution in [0.1, 0.15) is 27.7 Å². The fourth-order valence-corrected chi connectivity index (χ4v) is 1.85. The van der Waals surface area contributed by atoms with Gasteiger partial charge in [-0.15, -0.1) is 0 Å². The summed E-state index contributed by atoms with van der Waals surface area (Å²) >= 11 is 0. The molecule has 16 heavy (non-hydrogen) atoms. The van der Waals surface area contributed by atoms with Gasteiger partial charge in [0.2, 0.25) is 0 Å². The van der Waals surface area contributed by atoms with E-state index in [0.29, 0.717) is 6.61 Å². The second-order valence-corrected chi connectivity index (χ2v) is 4.90. The van der Waals surface area contributed by atoms with E-state index < -0.39 is 6.10 Å². The standard InChI is InChI=1S/C11H23BO4/c1-6(2)14-5-8-9(13)10(11(12)16-8)15-7(3)4/h6-11,13H,5,12H2,1-4H3. The molecule has 0 aromatic rings. The van der Waals surface area contributed by atoms with Crippen LogP contribution in [0, 0.1) is 0 Å². The quantitative estimate of drug-likeness (QED) is 0.671. The van der Waals surface area contributed by atoms with Crippen molar-refractivity contribution < 1.29 is 19.3 Å². The van der Waals surface area contributed by atoms with Crippen molar-refractivity contribution in [2.24, 2.45) is 0 Å². The summed E-state index contributed by atoms with van der Waals surface area (Å²) in [4.78, 5) is 0. The van der Waals surface area contributed by atoms with Crippen LogP contribution in [0.3, 0.4) is 0 Å². The van der Waals surface area contributed by atoms with Crippen LogP contribution in [-0.4, -0.2) is 56.1 Å². The second kappa shape index (κ2) is 6.01. The monoisotopic (exact) mass is 230 g/mol. The third-order valence-corrected chi connectivity index (χ3v) is 2.59. The second-order valence-electron chi connectivity index (χ2n) is 4.90. The Hall–Kier alpha value is -0.0951. The molecule has 1 saturated heterocycles. The van der Waals surface area contributed by atoms with E-state index in [-0.39, 0.29) is 30.4 Å². The number of aliphatic hydroxyl groups excluding tert-OH is 1. The van der Waals surface area contributed by atoms with Gasteiger partial charge in [-0.2, -0.15) is 0 Å². The first-order chi connectivity index (χ1) is 7.41. The van der Waals surface area contributed by atoms with E-state index in [1.807, 2.05) is 35.5 Å². The van der Waals surface area contributed by atoms with Crippen molar-refractivity contribution in [2.45, 2.75) is 64.2 Å². The third kappa shape index (κ3) is 3.73. The Morgan fingerprint density at radius 2 is 1.88 bits per heavy atom. The van der Waals surface area contributed by atoms with Crippen molar-refractivity contribution in [2.75, 3.05) is 6.61 Å². The lowest BCUT2D eigenvalue weighted by atomic mass is 9.93. The maximum Gasteiger partial charge on any atom is 0.142 e. The number of rotatable bonds is 5. The SMILES string of the molecule is BC1OC(COC(C)C)C(O)C1OC(C)C. The van der Waals surface area contributed by atoms with Crippen LogP contribution >= 0.6 is 0 Å². The fraction of sp³-hybridized carbons (Fsp3) is 1.00. The summed E-state index contributed by atoms with van der Waals surface area (Å²) < 4.78 is 16.7. The minimum Gasteiger partial charge on any atom is -0.388 e. The average Bonchev–Trinajstić information content (AvgIpc) is 2.42. The van der Waals surface area contributed by atoms with Gasteiger partial charge in [0.1, 0.15) is 26.2 Å². The highest BCUT2D eigenvalue weighted by Gasteiger charge is 2.42. The van der Waals surface area contributed by atoms with Crippen LogP contribution in [0.25, 0.3) is 0 Å². The van der Waals surface area contributed by atoms with Crippen molar-refractivity contribution in [1.29, 1.82) is 0 Å². The highest BCUT2D eigenvalue weighted by Crippen LogP contribution is 2.23. The van der Waals surface area contributed by atoms with Gasteiger partial charge < -0.3 is 19.3 Å². The number of ether oxygens (including phenoxy) is 3. The first-order valence-corrected chi connectivity index (χ1v) is 6.02. The molecule has 94 valence electrons. The van der Waals surface area contributed by atoms with E-state index in [4.69, 9.17) is 14.2 Å². The Kier molecular flexibility index (Phi) is 5.24. The average molecular weight is 230 g/mol. The lowest BCUT2D eigenvalue weighted by Crippen LogP contribution is -2.38. The summed E-state index contributed by atoms with van der Waals surface area (Å²) in [7, 11) is 1.92. The molecule has 1 rings (SSSR count). The van der Waals surface area contributed by atoms with Gasteiger partial charge in [0.05, 0.1) is 24.8 Å². The van der Waals surface area contributed by atoms with Crippen molar-refractivity contribution in [3.63, 3.8) is 0 Å². The zero-order valence-electron chi connectivity index (χ0n) is 10.8. The van der Waals surface area contributed by atoms with E-state index in [2.05, 4.69) is 0 Å². The Labute approximate surface area is 98.7 Å². The molecule has 1 aliphatic rings. The lowest BCUT2D eigenvalue weighted by molar-refractivity contribution is -0.0629. The van der Waals surface area contributed by atoms with E-state index in [0.717, 1.165) is 0 Å². The normalized spacial score (nSPS) is 35.2. The first kappa shape index (κ1) is 14.0. The van der Waals surface area contributed by atoms with Crippen LogP contribution in [0.2, 0.25) is 0 Å². The summed E-state index contributed by atoms with van der Waals surface area (Å²) in [6.45, 7) is 8.26. The summed E-state index contributed by atoms with van der Waals surface area (Å²) in [5.74, 6) is 0. The summed E-state index contributed by atoms with van der Waals surface area (Å²) in [5, 5.41) is 10.1. The highest BCUT2D eigenvalue weighted by molar-refractivity contribution is 6.11. The van der Waals surface area contributed by atoms with Crippen LogP contribution in [0.4, 0.5) is 0 Å². The molecule has 0 amide bonds. The van der Waals surface area contributed by atoms with E-state index in [1.165, 1.54) is 0 Å². The lowest BCUT2D eigenvalue weighted by Gasteiger charge is -2.21. The van der Waals surface area contributed by atoms with Crippen LogP contribution < -0.4 is 0 Å². The van der Waals surface area contributed by atoms with Crippen LogP contribution in [0.15, 0.2) is 0 Å². The molecule has 0 radical (unpaired) electrons. The highest BCUT2D eigenvalue weighted by atomic mass is 16.6. The molecule has 0 aromatic carbocycles. The molecule has 1 fully saturated rings. The van der Waals surface area contributed by atoms with Gasteiger partial charge in [0.15, 0.2) is 0 Å². The van der Waals surface area contributed by atoms with E-state index in [1.54, 1.807) is 0 Å². The van der Waals surface area contributed by atoms with Gasteiger partial charge in [-0.1, -0.05) is 0 Å². The van der Waals surface area contributed by atoms with E-state index in [9.17, 15) is 5.11 Å². The Morgan fingerprint density at radius 1 is 1.25 bits per heavy atom. The molecule has 0 aromatic heterocycles. The Morgan fingerprint density at radius 3 is 2.38 bits per heavy atom. The van der Waals surface area contributed by atoms with Gasteiger partial charge in [-0.25, -0.2) is 0 Å². The van der Waals surface area contributed by atoms with Crippen LogP contribution in [0.5, 0.6) is 0 Å². The summed E-state index contributed by atoms with van der Waals surface area (Å²) in [5.41, 5.74) is 0. The Balaban J connectivity index is 2.46. The zero-order valence-corrected chi connectivity index (χ0v) is 10.8. The van der Waals surface area contributed by atoms with E-state index >= 15 is 0 Å². The molecule has 0 aliphatic carbocycles. The molecule has 0 saturated carbocycles. The molecule has 4 nitrogen and oxygen atoms in total. The molecule has 4 atom stereocenters. The molecule has 1 aliphatic heterocycles. The molecule has 5 heteroatoms. The summed E-state index contributed by atoms with van der Waals surface area (Å²) in [6, 6.07) is -0.0850. The molecule has 0 spiro atoms. The van der Waals surface area contributed by atoms with Crippen molar-refractivity contribution in [3.05, 3.63) is 0 Å². The topological polar surface area (TPSA) is 47.9 Å². The minimum atomic E-state index is -0.601. The molecular weight excluding hydrogens is 207 g/mol. The van der Waals surface area contributed by atoms with Gasteiger partial charge in [0.25, 0.3) is 0 Å². The largest absolute Gasteiger partial charge is 0.388 e. The van der Waals surface area contributed by atoms with Crippen molar-refractivity contribution in [3.8, 4) is 0 Å². The number of hydrogen-bond acceptors (Lipinski definition) is 4. The predicted octanol–water partition coefficient (Wildman–Crippen LogP) is -0.0761. The van der Waals surface area contributed by atoms with Gasteiger partial charge in [-0.3, -0.25) is 0 Å². The van der Waals surface area contributed by atoms with Crippen LogP contribution in [-0.2, 0) is 14.2 Å². The molecule has 4 unspecified atom stereocenters. The molecular formula is C11H23BO4. The molecule has 1 heterocycles. The zero-order chi connectivity index (χ0) is 12.3. The van der Waals surface area contributed by atoms with Crippen molar-refractivity contribution >= 4 is 7.85 Å².